The summed E-state index contributed by atoms with van der Waals surface area (Å²) in [5.41, 5.74) is 2.17. The van der Waals surface area contributed by atoms with Gasteiger partial charge in [0.15, 0.2) is 0 Å². The van der Waals surface area contributed by atoms with Crippen molar-refractivity contribution in [2.24, 2.45) is 0 Å². The lowest BCUT2D eigenvalue weighted by Gasteiger charge is -2.35. The van der Waals surface area contributed by atoms with Crippen LogP contribution in [0.4, 0.5) is 5.69 Å². The molecule has 1 amide bonds. The van der Waals surface area contributed by atoms with Gasteiger partial charge < -0.3 is 14.9 Å². The Hall–Kier alpha value is -2.47. The maximum absolute atomic E-state index is 12.5. The number of carbonyl (C=O) groups is 1. The van der Waals surface area contributed by atoms with Crippen molar-refractivity contribution in [1.29, 1.82) is 0 Å². The molecule has 0 atom stereocenters. The molecule has 1 saturated heterocycles. The van der Waals surface area contributed by atoms with Crippen molar-refractivity contribution in [2.45, 2.75) is 6.61 Å². The standard InChI is InChI=1S/C16H18N4O2/c21-12-13-3-5-18-15(10-13)16(22)20-8-6-19(7-9-20)14-2-1-4-17-11-14/h1-5,10-11,21H,6-9,12H2. The maximum atomic E-state index is 12.5. The van der Waals surface area contributed by atoms with E-state index in [0.717, 1.165) is 18.8 Å². The number of rotatable bonds is 3. The molecule has 114 valence electrons. The van der Waals surface area contributed by atoms with Crippen LogP contribution in [-0.2, 0) is 6.61 Å². The zero-order chi connectivity index (χ0) is 15.4. The monoisotopic (exact) mass is 298 g/mol. The number of piperazine rings is 1. The molecule has 22 heavy (non-hydrogen) atoms. The van der Waals surface area contributed by atoms with E-state index in [0.29, 0.717) is 24.3 Å². The summed E-state index contributed by atoms with van der Waals surface area (Å²) in [7, 11) is 0. The van der Waals surface area contributed by atoms with Gasteiger partial charge in [-0.05, 0) is 29.8 Å². The molecule has 1 aliphatic heterocycles. The first-order chi connectivity index (χ1) is 10.8. The molecule has 0 radical (unpaired) electrons. The molecule has 2 aromatic rings. The van der Waals surface area contributed by atoms with Gasteiger partial charge in [-0.15, -0.1) is 0 Å². The third-order valence-electron chi connectivity index (χ3n) is 3.80. The SMILES string of the molecule is O=C(c1cc(CO)ccn1)N1CCN(c2cccnc2)CC1. The highest BCUT2D eigenvalue weighted by molar-refractivity contribution is 5.92. The number of hydrogen-bond donors (Lipinski definition) is 1. The lowest BCUT2D eigenvalue weighted by Crippen LogP contribution is -2.49. The molecule has 3 rings (SSSR count). The van der Waals surface area contributed by atoms with Gasteiger partial charge >= 0.3 is 0 Å². The highest BCUT2D eigenvalue weighted by Crippen LogP contribution is 2.15. The molecule has 0 unspecified atom stereocenters. The Balaban J connectivity index is 1.64. The van der Waals surface area contributed by atoms with E-state index in [2.05, 4.69) is 14.9 Å². The molecule has 2 aromatic heterocycles. The van der Waals surface area contributed by atoms with Crippen molar-refractivity contribution >= 4 is 11.6 Å². The molecule has 0 saturated carbocycles. The van der Waals surface area contributed by atoms with E-state index >= 15 is 0 Å². The Labute approximate surface area is 129 Å². The summed E-state index contributed by atoms with van der Waals surface area (Å²) < 4.78 is 0. The van der Waals surface area contributed by atoms with Gasteiger partial charge in [-0.3, -0.25) is 14.8 Å². The number of aromatic nitrogens is 2. The lowest BCUT2D eigenvalue weighted by atomic mass is 10.2. The zero-order valence-electron chi connectivity index (χ0n) is 12.2. The van der Waals surface area contributed by atoms with Crippen LogP contribution in [0.25, 0.3) is 0 Å². The van der Waals surface area contributed by atoms with E-state index in [1.807, 2.05) is 18.3 Å². The molecule has 1 fully saturated rings. The second-order valence-electron chi connectivity index (χ2n) is 5.20. The predicted molar refractivity (Wildman–Crippen MR) is 82.5 cm³/mol. The van der Waals surface area contributed by atoms with Crippen LogP contribution in [0.3, 0.4) is 0 Å². The number of amides is 1. The first-order valence-corrected chi connectivity index (χ1v) is 7.28. The Morgan fingerprint density at radius 2 is 2.00 bits per heavy atom. The first-order valence-electron chi connectivity index (χ1n) is 7.28. The van der Waals surface area contributed by atoms with E-state index in [4.69, 9.17) is 5.11 Å². The van der Waals surface area contributed by atoms with Crippen molar-refractivity contribution in [3.8, 4) is 0 Å². The lowest BCUT2D eigenvalue weighted by molar-refractivity contribution is 0.0740. The Morgan fingerprint density at radius 3 is 2.68 bits per heavy atom. The predicted octanol–water partition coefficient (Wildman–Crippen LogP) is 0.931. The van der Waals surface area contributed by atoms with E-state index < -0.39 is 0 Å². The number of hydrogen-bond acceptors (Lipinski definition) is 5. The Bertz CT molecular complexity index is 640. The van der Waals surface area contributed by atoms with Crippen LogP contribution in [0.15, 0.2) is 42.9 Å². The fourth-order valence-electron chi connectivity index (χ4n) is 2.56. The van der Waals surface area contributed by atoms with Gasteiger partial charge in [0.05, 0.1) is 18.5 Å². The second-order valence-corrected chi connectivity index (χ2v) is 5.20. The minimum absolute atomic E-state index is 0.0823. The highest BCUT2D eigenvalue weighted by Gasteiger charge is 2.23. The van der Waals surface area contributed by atoms with E-state index in [9.17, 15) is 4.79 Å². The van der Waals surface area contributed by atoms with Gasteiger partial charge in [0.2, 0.25) is 0 Å². The number of nitrogens with zero attached hydrogens (tertiary/aromatic N) is 4. The molecule has 6 heteroatoms. The van der Waals surface area contributed by atoms with Crippen LogP contribution in [0, 0.1) is 0 Å². The maximum Gasteiger partial charge on any atom is 0.272 e. The third kappa shape index (κ3) is 3.07. The van der Waals surface area contributed by atoms with Crippen LogP contribution in [0.5, 0.6) is 0 Å². The Kier molecular flexibility index (Phi) is 4.29. The normalized spacial score (nSPS) is 15.0. The summed E-state index contributed by atoms with van der Waals surface area (Å²) in [6, 6.07) is 7.29. The van der Waals surface area contributed by atoms with Gasteiger partial charge in [-0.25, -0.2) is 0 Å². The van der Waals surface area contributed by atoms with Gasteiger partial charge in [0, 0.05) is 38.6 Å². The van der Waals surface area contributed by atoms with Crippen molar-refractivity contribution in [3.05, 3.63) is 54.1 Å². The van der Waals surface area contributed by atoms with E-state index in [1.54, 1.807) is 29.4 Å². The molecule has 0 spiro atoms. The fourth-order valence-corrected chi connectivity index (χ4v) is 2.56. The summed E-state index contributed by atoms with van der Waals surface area (Å²) in [6.07, 6.45) is 5.15. The molecule has 3 heterocycles. The molecule has 0 aromatic carbocycles. The summed E-state index contributed by atoms with van der Waals surface area (Å²) in [5.74, 6) is -0.0823. The van der Waals surface area contributed by atoms with Crippen molar-refractivity contribution in [3.63, 3.8) is 0 Å². The summed E-state index contributed by atoms with van der Waals surface area (Å²) in [5, 5.41) is 9.15. The van der Waals surface area contributed by atoms with Crippen molar-refractivity contribution < 1.29 is 9.90 Å². The number of anilines is 1. The average Bonchev–Trinajstić information content (AvgIpc) is 2.62. The van der Waals surface area contributed by atoms with Crippen LogP contribution >= 0.6 is 0 Å². The smallest absolute Gasteiger partial charge is 0.272 e. The van der Waals surface area contributed by atoms with Crippen LogP contribution in [-0.4, -0.2) is 52.1 Å². The quantitative estimate of drug-likeness (QED) is 0.913. The highest BCUT2D eigenvalue weighted by atomic mass is 16.3. The van der Waals surface area contributed by atoms with Crippen molar-refractivity contribution in [2.75, 3.05) is 31.1 Å². The number of aliphatic hydroxyl groups is 1. The number of carbonyl (C=O) groups excluding carboxylic acids is 1. The first kappa shape index (κ1) is 14.5. The minimum Gasteiger partial charge on any atom is -0.392 e. The van der Waals surface area contributed by atoms with E-state index in [1.165, 1.54) is 0 Å². The average molecular weight is 298 g/mol. The molecule has 0 aliphatic carbocycles. The largest absolute Gasteiger partial charge is 0.392 e. The molecular weight excluding hydrogens is 280 g/mol. The minimum atomic E-state index is -0.0857. The second kappa shape index (κ2) is 6.53. The molecule has 1 N–H and O–H groups in total. The van der Waals surface area contributed by atoms with Gasteiger partial charge in [0.1, 0.15) is 5.69 Å². The Morgan fingerprint density at radius 1 is 1.18 bits per heavy atom. The van der Waals surface area contributed by atoms with Gasteiger partial charge in [-0.2, -0.15) is 0 Å². The van der Waals surface area contributed by atoms with Crippen LogP contribution in [0.1, 0.15) is 16.1 Å². The number of pyridine rings is 2. The third-order valence-corrected chi connectivity index (χ3v) is 3.80. The van der Waals surface area contributed by atoms with E-state index in [-0.39, 0.29) is 12.5 Å². The molecular formula is C16H18N4O2. The number of aliphatic hydroxyl groups excluding tert-OH is 1. The molecule has 6 nitrogen and oxygen atoms in total. The topological polar surface area (TPSA) is 69.6 Å². The fraction of sp³-hybridized carbons (Fsp3) is 0.312. The summed E-state index contributed by atoms with van der Waals surface area (Å²) in [4.78, 5) is 24.7. The van der Waals surface area contributed by atoms with Crippen LogP contribution in [0.2, 0.25) is 0 Å². The van der Waals surface area contributed by atoms with Gasteiger partial charge in [0.25, 0.3) is 5.91 Å². The van der Waals surface area contributed by atoms with Crippen molar-refractivity contribution in [1.82, 2.24) is 14.9 Å². The molecule has 0 bridgehead atoms. The summed E-state index contributed by atoms with van der Waals surface area (Å²) in [6.45, 7) is 2.77. The molecule has 1 aliphatic rings. The van der Waals surface area contributed by atoms with Gasteiger partial charge in [-0.1, -0.05) is 0 Å². The summed E-state index contributed by atoms with van der Waals surface area (Å²) >= 11 is 0. The van der Waals surface area contributed by atoms with Crippen LogP contribution < -0.4 is 4.90 Å². The zero-order valence-corrected chi connectivity index (χ0v) is 12.2.